The molecule has 0 fully saturated rings. The van der Waals surface area contributed by atoms with Crippen molar-refractivity contribution < 1.29 is 38.6 Å². The van der Waals surface area contributed by atoms with Crippen molar-refractivity contribution >= 4 is 63.7 Å². The molecule has 2 amide bonds. The summed E-state index contributed by atoms with van der Waals surface area (Å²) in [6.07, 6.45) is -4.52. The number of hydrazine groups is 1. The SMILES string of the molecule is O=C(O[C@H](C(=O)O)[C@H](OC(=O)c1ccc(Cl)cc1)C(=O)NNC(=O)c1cccc2ccccc12)c1ccc(Cl)cc1. The van der Waals surface area contributed by atoms with E-state index in [1.54, 1.807) is 36.4 Å². The molecule has 0 aliphatic heterocycles. The molecule has 0 radical (unpaired) electrons. The number of benzene rings is 4. The molecule has 208 valence electrons. The lowest BCUT2D eigenvalue weighted by Gasteiger charge is -2.23. The summed E-state index contributed by atoms with van der Waals surface area (Å²) in [7, 11) is 0. The van der Waals surface area contributed by atoms with E-state index in [1.807, 2.05) is 0 Å². The quantitative estimate of drug-likeness (QED) is 0.200. The Hall–Kier alpha value is -4.93. The van der Waals surface area contributed by atoms with Crippen molar-refractivity contribution in [3.8, 4) is 0 Å². The Morgan fingerprint density at radius 2 is 1.15 bits per heavy atom. The number of amides is 2. The fourth-order valence-electron chi connectivity index (χ4n) is 3.71. The minimum absolute atomic E-state index is 0.0693. The summed E-state index contributed by atoms with van der Waals surface area (Å²) in [6, 6.07) is 22.6. The van der Waals surface area contributed by atoms with Gasteiger partial charge in [-0.2, -0.15) is 0 Å². The van der Waals surface area contributed by atoms with Crippen LogP contribution < -0.4 is 10.9 Å². The molecular formula is C29H20Cl2N2O8. The molecule has 0 saturated carbocycles. The highest BCUT2D eigenvalue weighted by molar-refractivity contribution is 6.31. The van der Waals surface area contributed by atoms with Gasteiger partial charge in [-0.05, 0) is 65.4 Å². The van der Waals surface area contributed by atoms with Crippen LogP contribution in [-0.2, 0) is 19.1 Å². The normalized spacial score (nSPS) is 12.0. The van der Waals surface area contributed by atoms with Gasteiger partial charge in [-0.1, -0.05) is 59.6 Å². The lowest BCUT2D eigenvalue weighted by Crippen LogP contribution is -2.54. The van der Waals surface area contributed by atoms with Crippen molar-refractivity contribution in [1.29, 1.82) is 0 Å². The van der Waals surface area contributed by atoms with Crippen LogP contribution in [0.5, 0.6) is 0 Å². The maximum atomic E-state index is 13.2. The maximum absolute atomic E-state index is 13.2. The number of fused-ring (bicyclic) bond motifs is 1. The number of halogens is 2. The fraction of sp³-hybridized carbons (Fsp3) is 0.0690. The number of aliphatic carboxylic acids is 1. The first-order valence-electron chi connectivity index (χ1n) is 11.9. The van der Waals surface area contributed by atoms with Crippen molar-refractivity contribution in [2.45, 2.75) is 12.2 Å². The third kappa shape index (κ3) is 7.18. The van der Waals surface area contributed by atoms with Gasteiger partial charge in [0.2, 0.25) is 12.2 Å². The standard InChI is InChI=1S/C29H20Cl2N2O8/c30-19-12-8-17(9-13-19)28(38)40-23(24(27(36)37)41-29(39)18-10-14-20(31)15-11-18)26(35)33-32-25(34)22-7-3-5-16-4-1-2-6-21(16)22/h1-15,23-24H,(H,32,34)(H,33,35)(H,36,37)/t23-,24-/m0/s1. The monoisotopic (exact) mass is 594 g/mol. The van der Waals surface area contributed by atoms with Gasteiger partial charge in [0.15, 0.2) is 0 Å². The van der Waals surface area contributed by atoms with Crippen LogP contribution in [0, 0.1) is 0 Å². The van der Waals surface area contributed by atoms with Crippen LogP contribution in [0.4, 0.5) is 0 Å². The number of nitrogens with one attached hydrogen (secondary N) is 2. The van der Waals surface area contributed by atoms with Crippen LogP contribution >= 0.6 is 23.2 Å². The molecule has 0 saturated heterocycles. The van der Waals surface area contributed by atoms with E-state index >= 15 is 0 Å². The van der Waals surface area contributed by atoms with E-state index < -0.39 is 41.9 Å². The van der Waals surface area contributed by atoms with Crippen LogP contribution in [0.15, 0.2) is 91.0 Å². The lowest BCUT2D eigenvalue weighted by atomic mass is 10.0. The molecule has 41 heavy (non-hydrogen) atoms. The number of ether oxygens (including phenoxy) is 2. The zero-order chi connectivity index (χ0) is 29.5. The van der Waals surface area contributed by atoms with Gasteiger partial charge >= 0.3 is 17.9 Å². The number of rotatable bonds is 8. The third-order valence-electron chi connectivity index (χ3n) is 5.74. The second-order valence-corrected chi connectivity index (χ2v) is 9.35. The van der Waals surface area contributed by atoms with E-state index in [9.17, 15) is 29.1 Å². The summed E-state index contributed by atoms with van der Waals surface area (Å²) >= 11 is 11.7. The highest BCUT2D eigenvalue weighted by Gasteiger charge is 2.41. The summed E-state index contributed by atoms with van der Waals surface area (Å²) in [5, 5.41) is 11.8. The molecule has 0 aromatic heterocycles. The molecule has 3 N–H and O–H groups in total. The fourth-order valence-corrected chi connectivity index (χ4v) is 3.97. The average molecular weight is 595 g/mol. The van der Waals surface area contributed by atoms with Crippen molar-refractivity contribution in [1.82, 2.24) is 10.9 Å². The van der Waals surface area contributed by atoms with Gasteiger partial charge in [0, 0.05) is 15.6 Å². The van der Waals surface area contributed by atoms with Crippen LogP contribution in [0.1, 0.15) is 31.1 Å². The Kier molecular flexibility index (Phi) is 9.18. The molecule has 0 aliphatic carbocycles. The lowest BCUT2D eigenvalue weighted by molar-refractivity contribution is -0.159. The Balaban J connectivity index is 1.58. The summed E-state index contributed by atoms with van der Waals surface area (Å²) in [5.41, 5.74) is 4.31. The van der Waals surface area contributed by atoms with Crippen molar-refractivity contribution in [2.24, 2.45) is 0 Å². The van der Waals surface area contributed by atoms with E-state index in [4.69, 9.17) is 32.7 Å². The predicted octanol–water partition coefficient (Wildman–Crippen LogP) is 4.44. The van der Waals surface area contributed by atoms with Crippen LogP contribution in [0.3, 0.4) is 0 Å². The Labute approximate surface area is 242 Å². The molecule has 4 rings (SSSR count). The van der Waals surface area contributed by atoms with Crippen LogP contribution in [0.25, 0.3) is 10.8 Å². The van der Waals surface area contributed by atoms with Crippen molar-refractivity contribution in [3.05, 3.63) is 118 Å². The molecule has 12 heteroatoms. The molecule has 4 aromatic carbocycles. The second kappa shape index (κ2) is 12.9. The number of hydrogen-bond donors (Lipinski definition) is 3. The number of carbonyl (C=O) groups excluding carboxylic acids is 4. The van der Waals surface area contributed by atoms with Crippen LogP contribution in [0.2, 0.25) is 10.0 Å². The number of carbonyl (C=O) groups is 5. The van der Waals surface area contributed by atoms with Gasteiger partial charge in [-0.3, -0.25) is 20.4 Å². The Morgan fingerprint density at radius 1 is 0.634 bits per heavy atom. The molecular weight excluding hydrogens is 575 g/mol. The average Bonchev–Trinajstić information content (AvgIpc) is 2.97. The third-order valence-corrected chi connectivity index (χ3v) is 6.24. The first-order chi connectivity index (χ1) is 19.6. The molecule has 2 atom stereocenters. The first-order valence-corrected chi connectivity index (χ1v) is 12.6. The molecule has 4 aromatic rings. The van der Waals surface area contributed by atoms with Gasteiger partial charge in [0.25, 0.3) is 11.8 Å². The zero-order valence-electron chi connectivity index (χ0n) is 20.9. The minimum atomic E-state index is -2.30. The molecule has 0 aliphatic rings. The highest BCUT2D eigenvalue weighted by Crippen LogP contribution is 2.19. The predicted molar refractivity (Wildman–Crippen MR) is 149 cm³/mol. The number of esters is 2. The van der Waals surface area contributed by atoms with Crippen LogP contribution in [-0.4, -0.2) is 47.0 Å². The summed E-state index contributed by atoms with van der Waals surface area (Å²) in [6.45, 7) is 0. The molecule has 0 heterocycles. The summed E-state index contributed by atoms with van der Waals surface area (Å²) in [4.78, 5) is 63.7. The van der Waals surface area contributed by atoms with E-state index in [0.717, 1.165) is 5.39 Å². The highest BCUT2D eigenvalue weighted by atomic mass is 35.5. The second-order valence-electron chi connectivity index (χ2n) is 8.47. The van der Waals surface area contributed by atoms with Gasteiger partial charge < -0.3 is 14.6 Å². The number of hydrogen-bond acceptors (Lipinski definition) is 7. The Bertz CT molecular complexity index is 1620. The van der Waals surface area contributed by atoms with E-state index in [0.29, 0.717) is 15.4 Å². The largest absolute Gasteiger partial charge is 0.478 e. The Morgan fingerprint density at radius 3 is 1.71 bits per heavy atom. The summed E-state index contributed by atoms with van der Waals surface area (Å²) in [5.74, 6) is -6.05. The number of carboxylic acids is 1. The molecule has 10 nitrogen and oxygen atoms in total. The van der Waals surface area contributed by atoms with Crippen molar-refractivity contribution in [3.63, 3.8) is 0 Å². The molecule has 0 spiro atoms. The molecule has 0 bridgehead atoms. The van der Waals surface area contributed by atoms with E-state index in [2.05, 4.69) is 10.9 Å². The van der Waals surface area contributed by atoms with E-state index in [1.165, 1.54) is 54.6 Å². The maximum Gasteiger partial charge on any atom is 0.349 e. The minimum Gasteiger partial charge on any atom is -0.478 e. The van der Waals surface area contributed by atoms with Gasteiger partial charge in [-0.25, -0.2) is 14.4 Å². The van der Waals surface area contributed by atoms with Crippen molar-refractivity contribution in [2.75, 3.05) is 0 Å². The van der Waals surface area contributed by atoms with Gasteiger partial charge in [0.05, 0.1) is 11.1 Å². The number of carboxylic acid groups (broad SMARTS) is 1. The molecule has 0 unspecified atom stereocenters. The topological polar surface area (TPSA) is 148 Å². The summed E-state index contributed by atoms with van der Waals surface area (Å²) < 4.78 is 10.3. The smallest absolute Gasteiger partial charge is 0.349 e. The zero-order valence-corrected chi connectivity index (χ0v) is 22.4. The van der Waals surface area contributed by atoms with Gasteiger partial charge in [-0.15, -0.1) is 0 Å². The van der Waals surface area contributed by atoms with Gasteiger partial charge in [0.1, 0.15) is 0 Å². The first kappa shape index (κ1) is 29.1. The van der Waals surface area contributed by atoms with E-state index in [-0.39, 0.29) is 16.7 Å².